The van der Waals surface area contributed by atoms with Crippen LogP contribution in [-0.4, -0.2) is 49.0 Å². The lowest BCUT2D eigenvalue weighted by Gasteiger charge is -2.46. The second-order valence-electron chi connectivity index (χ2n) is 6.45. The Morgan fingerprint density at radius 2 is 1.59 bits per heavy atom. The standard InChI is InChI=1S/C14H27NO2/c1-14(2,3)17-13-9-11(10-13)15-7-5-12(16-4)6-8-15/h11-13H,5-10H2,1-4H3. The third kappa shape index (κ3) is 3.67. The molecule has 1 aliphatic carbocycles. The molecule has 0 spiro atoms. The van der Waals surface area contributed by atoms with E-state index in [1.165, 1.54) is 38.8 Å². The van der Waals surface area contributed by atoms with Crippen LogP contribution in [0.15, 0.2) is 0 Å². The number of nitrogens with zero attached hydrogens (tertiary/aromatic N) is 1. The molecule has 0 N–H and O–H groups in total. The molecule has 1 aliphatic heterocycles. The van der Waals surface area contributed by atoms with Gasteiger partial charge in [0.1, 0.15) is 0 Å². The van der Waals surface area contributed by atoms with Crippen LogP contribution >= 0.6 is 0 Å². The van der Waals surface area contributed by atoms with E-state index in [0.717, 1.165) is 6.04 Å². The molecular weight excluding hydrogens is 214 g/mol. The molecule has 0 aromatic rings. The maximum absolute atomic E-state index is 5.99. The van der Waals surface area contributed by atoms with E-state index >= 15 is 0 Å². The first-order chi connectivity index (χ1) is 7.98. The molecule has 1 saturated carbocycles. The first kappa shape index (κ1) is 13.3. The van der Waals surface area contributed by atoms with E-state index in [2.05, 4.69) is 25.7 Å². The molecule has 0 aromatic carbocycles. The second kappa shape index (κ2) is 5.25. The summed E-state index contributed by atoms with van der Waals surface area (Å²) in [5.74, 6) is 0. The number of ether oxygens (including phenoxy) is 2. The molecule has 3 heteroatoms. The van der Waals surface area contributed by atoms with E-state index in [-0.39, 0.29) is 5.60 Å². The lowest BCUT2D eigenvalue weighted by molar-refractivity contribution is -0.125. The van der Waals surface area contributed by atoms with E-state index in [0.29, 0.717) is 12.2 Å². The number of rotatable bonds is 3. The summed E-state index contributed by atoms with van der Waals surface area (Å²) in [5, 5.41) is 0. The van der Waals surface area contributed by atoms with Crippen molar-refractivity contribution < 1.29 is 9.47 Å². The van der Waals surface area contributed by atoms with Crippen LogP contribution in [0.25, 0.3) is 0 Å². The van der Waals surface area contributed by atoms with E-state index in [9.17, 15) is 0 Å². The summed E-state index contributed by atoms with van der Waals surface area (Å²) in [7, 11) is 1.83. The fourth-order valence-corrected chi connectivity index (χ4v) is 2.91. The highest BCUT2D eigenvalue weighted by Crippen LogP contribution is 2.33. The Balaban J connectivity index is 1.67. The van der Waals surface area contributed by atoms with Crippen molar-refractivity contribution >= 4 is 0 Å². The van der Waals surface area contributed by atoms with Gasteiger partial charge in [-0.1, -0.05) is 0 Å². The summed E-state index contributed by atoms with van der Waals surface area (Å²) in [6, 6.07) is 0.764. The largest absolute Gasteiger partial charge is 0.381 e. The van der Waals surface area contributed by atoms with E-state index < -0.39 is 0 Å². The number of hydrogen-bond acceptors (Lipinski definition) is 3. The minimum Gasteiger partial charge on any atom is -0.381 e. The minimum atomic E-state index is 0.0126. The number of likely N-dealkylation sites (tertiary alicyclic amines) is 1. The molecule has 0 atom stereocenters. The first-order valence-corrected chi connectivity index (χ1v) is 6.92. The van der Waals surface area contributed by atoms with Crippen LogP contribution in [0.1, 0.15) is 46.5 Å². The Morgan fingerprint density at radius 3 is 2.06 bits per heavy atom. The first-order valence-electron chi connectivity index (χ1n) is 6.92. The van der Waals surface area contributed by atoms with Crippen molar-refractivity contribution in [3.05, 3.63) is 0 Å². The van der Waals surface area contributed by atoms with Crippen molar-refractivity contribution in [2.75, 3.05) is 20.2 Å². The average Bonchev–Trinajstić information content (AvgIpc) is 2.22. The molecule has 0 amide bonds. The Hall–Kier alpha value is -0.120. The quantitative estimate of drug-likeness (QED) is 0.757. The van der Waals surface area contributed by atoms with E-state index in [4.69, 9.17) is 9.47 Å². The predicted octanol–water partition coefficient (Wildman–Crippen LogP) is 2.44. The molecule has 0 radical (unpaired) electrons. The zero-order valence-corrected chi connectivity index (χ0v) is 11.7. The van der Waals surface area contributed by atoms with Gasteiger partial charge in [0, 0.05) is 26.2 Å². The van der Waals surface area contributed by atoms with Gasteiger partial charge in [-0.3, -0.25) is 4.90 Å². The van der Waals surface area contributed by atoms with Crippen LogP contribution in [0.5, 0.6) is 0 Å². The van der Waals surface area contributed by atoms with Gasteiger partial charge >= 0.3 is 0 Å². The zero-order valence-electron chi connectivity index (χ0n) is 11.7. The van der Waals surface area contributed by atoms with Crippen LogP contribution < -0.4 is 0 Å². The van der Waals surface area contributed by atoms with Crippen molar-refractivity contribution in [1.29, 1.82) is 0 Å². The lowest BCUT2D eigenvalue weighted by atomic mass is 9.86. The molecule has 0 aromatic heterocycles. The summed E-state index contributed by atoms with van der Waals surface area (Å²) >= 11 is 0. The Kier molecular flexibility index (Phi) is 4.11. The normalized spacial score (nSPS) is 32.5. The SMILES string of the molecule is COC1CCN(C2CC(OC(C)(C)C)C2)CC1. The molecule has 2 rings (SSSR count). The second-order valence-corrected chi connectivity index (χ2v) is 6.45. The molecule has 1 saturated heterocycles. The summed E-state index contributed by atoms with van der Waals surface area (Å²) < 4.78 is 11.4. The van der Waals surface area contributed by atoms with Gasteiger partial charge < -0.3 is 9.47 Å². The van der Waals surface area contributed by atoms with Gasteiger partial charge in [0.15, 0.2) is 0 Å². The van der Waals surface area contributed by atoms with Gasteiger partial charge in [-0.05, 0) is 46.5 Å². The van der Waals surface area contributed by atoms with Crippen molar-refractivity contribution in [2.24, 2.45) is 0 Å². The average molecular weight is 241 g/mol. The molecule has 2 aliphatic rings. The van der Waals surface area contributed by atoms with Gasteiger partial charge in [-0.15, -0.1) is 0 Å². The smallest absolute Gasteiger partial charge is 0.0612 e. The van der Waals surface area contributed by atoms with Crippen molar-refractivity contribution in [2.45, 2.75) is 70.3 Å². The Morgan fingerprint density at radius 1 is 1.00 bits per heavy atom. The van der Waals surface area contributed by atoms with Gasteiger partial charge in [-0.2, -0.15) is 0 Å². The molecule has 1 heterocycles. The minimum absolute atomic E-state index is 0.0126. The summed E-state index contributed by atoms with van der Waals surface area (Å²) in [6.07, 6.45) is 5.80. The highest BCUT2D eigenvalue weighted by molar-refractivity contribution is 4.91. The van der Waals surface area contributed by atoms with Gasteiger partial charge in [0.2, 0.25) is 0 Å². The molecular formula is C14H27NO2. The van der Waals surface area contributed by atoms with Gasteiger partial charge in [-0.25, -0.2) is 0 Å². The monoisotopic (exact) mass is 241 g/mol. The van der Waals surface area contributed by atoms with Crippen LogP contribution in [0, 0.1) is 0 Å². The molecule has 0 unspecified atom stereocenters. The van der Waals surface area contributed by atoms with Crippen LogP contribution in [0.4, 0.5) is 0 Å². The molecule has 3 nitrogen and oxygen atoms in total. The Labute approximate surface area is 105 Å². The summed E-state index contributed by atoms with van der Waals surface area (Å²) in [4.78, 5) is 2.62. The molecule has 100 valence electrons. The van der Waals surface area contributed by atoms with E-state index in [1.807, 2.05) is 7.11 Å². The molecule has 0 bridgehead atoms. The van der Waals surface area contributed by atoms with Crippen LogP contribution in [-0.2, 0) is 9.47 Å². The third-order valence-electron chi connectivity index (χ3n) is 3.92. The number of piperidine rings is 1. The van der Waals surface area contributed by atoms with Crippen molar-refractivity contribution in [3.63, 3.8) is 0 Å². The third-order valence-corrected chi connectivity index (χ3v) is 3.92. The van der Waals surface area contributed by atoms with Crippen molar-refractivity contribution in [3.8, 4) is 0 Å². The molecule has 17 heavy (non-hydrogen) atoms. The topological polar surface area (TPSA) is 21.7 Å². The van der Waals surface area contributed by atoms with Crippen LogP contribution in [0.2, 0.25) is 0 Å². The summed E-state index contributed by atoms with van der Waals surface area (Å²) in [5.41, 5.74) is 0.0126. The van der Waals surface area contributed by atoms with Crippen LogP contribution in [0.3, 0.4) is 0 Å². The highest BCUT2D eigenvalue weighted by Gasteiger charge is 2.37. The summed E-state index contributed by atoms with van der Waals surface area (Å²) in [6.45, 7) is 8.83. The van der Waals surface area contributed by atoms with Gasteiger partial charge in [0.05, 0.1) is 17.8 Å². The maximum Gasteiger partial charge on any atom is 0.0612 e. The highest BCUT2D eigenvalue weighted by atomic mass is 16.5. The van der Waals surface area contributed by atoms with E-state index in [1.54, 1.807) is 0 Å². The van der Waals surface area contributed by atoms with Gasteiger partial charge in [0.25, 0.3) is 0 Å². The predicted molar refractivity (Wildman–Crippen MR) is 69.3 cm³/mol. The fraction of sp³-hybridized carbons (Fsp3) is 1.00. The Bertz CT molecular complexity index is 235. The molecule has 2 fully saturated rings. The lowest BCUT2D eigenvalue weighted by Crippen LogP contribution is -2.52. The fourth-order valence-electron chi connectivity index (χ4n) is 2.91. The zero-order chi connectivity index (χ0) is 12.5. The van der Waals surface area contributed by atoms with Crippen molar-refractivity contribution in [1.82, 2.24) is 4.90 Å². The maximum atomic E-state index is 5.99. The number of hydrogen-bond donors (Lipinski definition) is 0. The number of methoxy groups -OCH3 is 1.